The van der Waals surface area contributed by atoms with Crippen LogP contribution in [-0.4, -0.2) is 51.4 Å². The van der Waals surface area contributed by atoms with Crippen molar-refractivity contribution >= 4 is 22.0 Å². The molecule has 2 N–H and O–H groups in total. The Balaban J connectivity index is 1.68. The molecule has 0 spiro atoms. The molecule has 1 atom stereocenters. The SMILES string of the molecule is COc1ccc(Oc2ccc(S(=O)(=O)N(C)C[C@@H]3NC(=O)NC3=O)cc2)cc1. The number of likely N-dealkylation sites (N-methyl/N-ethyl adjacent to an activating group) is 1. The highest BCUT2D eigenvalue weighted by molar-refractivity contribution is 7.89. The number of ether oxygens (including phenoxy) is 2. The summed E-state index contributed by atoms with van der Waals surface area (Å²) in [5.74, 6) is 1.19. The van der Waals surface area contributed by atoms with E-state index in [9.17, 15) is 18.0 Å². The van der Waals surface area contributed by atoms with Crippen LogP contribution in [0.1, 0.15) is 0 Å². The van der Waals surface area contributed by atoms with E-state index in [1.165, 1.54) is 31.3 Å². The van der Waals surface area contributed by atoms with Gasteiger partial charge in [-0.2, -0.15) is 4.31 Å². The Morgan fingerprint density at radius 1 is 0.964 bits per heavy atom. The van der Waals surface area contributed by atoms with Crippen molar-refractivity contribution in [2.24, 2.45) is 0 Å². The first kappa shape index (κ1) is 19.6. The summed E-state index contributed by atoms with van der Waals surface area (Å²) in [6, 6.07) is 11.3. The zero-order valence-electron chi connectivity index (χ0n) is 15.2. The Kier molecular flexibility index (Phi) is 5.52. The van der Waals surface area contributed by atoms with Crippen LogP contribution in [0.2, 0.25) is 0 Å². The number of urea groups is 1. The molecule has 3 rings (SSSR count). The van der Waals surface area contributed by atoms with Crippen molar-refractivity contribution in [3.8, 4) is 17.2 Å². The summed E-state index contributed by atoms with van der Waals surface area (Å²) in [6.07, 6.45) is 0. The fourth-order valence-corrected chi connectivity index (χ4v) is 3.77. The molecule has 0 aromatic heterocycles. The Hall–Kier alpha value is -3.11. The van der Waals surface area contributed by atoms with Crippen molar-refractivity contribution in [1.29, 1.82) is 0 Å². The second-order valence-corrected chi connectivity index (χ2v) is 8.09. The summed E-state index contributed by atoms with van der Waals surface area (Å²) in [5.41, 5.74) is 0. The van der Waals surface area contributed by atoms with Crippen molar-refractivity contribution in [2.75, 3.05) is 20.7 Å². The number of sulfonamides is 1. The van der Waals surface area contributed by atoms with Gasteiger partial charge in [0.2, 0.25) is 10.0 Å². The smallest absolute Gasteiger partial charge is 0.322 e. The minimum atomic E-state index is -3.84. The first-order valence-corrected chi connectivity index (χ1v) is 9.73. The summed E-state index contributed by atoms with van der Waals surface area (Å²) in [4.78, 5) is 22.8. The molecule has 0 saturated carbocycles. The Morgan fingerprint density at radius 3 is 2.00 bits per heavy atom. The predicted molar refractivity (Wildman–Crippen MR) is 99.8 cm³/mol. The molecular weight excluding hydrogens is 386 g/mol. The van der Waals surface area contributed by atoms with Crippen LogP contribution >= 0.6 is 0 Å². The lowest BCUT2D eigenvalue weighted by atomic mass is 10.3. The van der Waals surface area contributed by atoms with Crippen LogP contribution in [0, 0.1) is 0 Å². The monoisotopic (exact) mass is 405 g/mol. The number of nitrogens with one attached hydrogen (secondary N) is 2. The quantitative estimate of drug-likeness (QED) is 0.672. The minimum absolute atomic E-state index is 0.0433. The first-order valence-electron chi connectivity index (χ1n) is 8.29. The molecule has 28 heavy (non-hydrogen) atoms. The van der Waals surface area contributed by atoms with E-state index < -0.39 is 28.0 Å². The van der Waals surface area contributed by atoms with Crippen molar-refractivity contribution in [3.63, 3.8) is 0 Å². The summed E-state index contributed by atoms with van der Waals surface area (Å²) in [5, 5.41) is 4.43. The van der Waals surface area contributed by atoms with E-state index in [4.69, 9.17) is 9.47 Å². The second kappa shape index (κ2) is 7.87. The summed E-state index contributed by atoms with van der Waals surface area (Å²) in [6.45, 7) is -0.177. The highest BCUT2D eigenvalue weighted by atomic mass is 32.2. The van der Waals surface area contributed by atoms with Gasteiger partial charge >= 0.3 is 6.03 Å². The number of imide groups is 1. The van der Waals surface area contributed by atoms with Crippen LogP contribution in [0.4, 0.5) is 4.79 Å². The number of nitrogens with zero attached hydrogens (tertiary/aromatic N) is 1. The van der Waals surface area contributed by atoms with Crippen LogP contribution in [-0.2, 0) is 14.8 Å². The van der Waals surface area contributed by atoms with E-state index >= 15 is 0 Å². The maximum Gasteiger partial charge on any atom is 0.322 e. The van der Waals surface area contributed by atoms with Crippen LogP contribution < -0.4 is 20.1 Å². The average molecular weight is 405 g/mol. The van der Waals surface area contributed by atoms with E-state index in [-0.39, 0.29) is 11.4 Å². The van der Waals surface area contributed by atoms with Gasteiger partial charge in [0.05, 0.1) is 12.0 Å². The summed E-state index contributed by atoms with van der Waals surface area (Å²) < 4.78 is 37.1. The predicted octanol–water partition coefficient (Wildman–Crippen LogP) is 1.32. The van der Waals surface area contributed by atoms with E-state index in [1.54, 1.807) is 31.4 Å². The number of methoxy groups -OCH3 is 1. The zero-order valence-corrected chi connectivity index (χ0v) is 16.0. The molecule has 1 saturated heterocycles. The van der Waals surface area contributed by atoms with Crippen LogP contribution in [0.15, 0.2) is 53.4 Å². The number of carbonyl (C=O) groups excluding carboxylic acids is 2. The van der Waals surface area contributed by atoms with Gasteiger partial charge in [-0.3, -0.25) is 10.1 Å². The Labute approximate surface area is 162 Å². The summed E-state index contributed by atoms with van der Waals surface area (Å²) >= 11 is 0. The first-order chi connectivity index (χ1) is 13.3. The van der Waals surface area contributed by atoms with Gasteiger partial charge in [0.1, 0.15) is 23.3 Å². The largest absolute Gasteiger partial charge is 0.497 e. The highest BCUT2D eigenvalue weighted by Gasteiger charge is 2.33. The van der Waals surface area contributed by atoms with Gasteiger partial charge in [0.25, 0.3) is 5.91 Å². The fraction of sp³-hybridized carbons (Fsp3) is 0.222. The molecule has 2 aromatic carbocycles. The van der Waals surface area contributed by atoms with Gasteiger partial charge in [-0.05, 0) is 48.5 Å². The van der Waals surface area contributed by atoms with E-state index in [2.05, 4.69) is 10.6 Å². The maximum atomic E-state index is 12.7. The van der Waals surface area contributed by atoms with Crippen molar-refractivity contribution in [3.05, 3.63) is 48.5 Å². The molecule has 2 aromatic rings. The topological polar surface area (TPSA) is 114 Å². The number of rotatable bonds is 7. The van der Waals surface area contributed by atoms with Crippen molar-refractivity contribution < 1.29 is 27.5 Å². The van der Waals surface area contributed by atoms with Gasteiger partial charge in [0.15, 0.2) is 0 Å². The van der Waals surface area contributed by atoms with Crippen molar-refractivity contribution in [2.45, 2.75) is 10.9 Å². The lowest BCUT2D eigenvalue weighted by Crippen LogP contribution is -2.42. The third-order valence-electron chi connectivity index (χ3n) is 4.13. The van der Waals surface area contributed by atoms with Gasteiger partial charge in [-0.25, -0.2) is 13.2 Å². The molecule has 1 aliphatic heterocycles. The minimum Gasteiger partial charge on any atom is -0.497 e. The third-order valence-corrected chi connectivity index (χ3v) is 5.96. The van der Waals surface area contributed by atoms with E-state index in [1.807, 2.05) is 0 Å². The standard InChI is InChI=1S/C18H19N3O6S/c1-21(11-16-17(22)20-18(23)19-16)28(24,25)15-9-7-14(8-10-15)27-13-5-3-12(26-2)4-6-13/h3-10,16H,11H2,1-2H3,(H2,19,20,22,23)/t16-/m0/s1. The van der Waals surface area contributed by atoms with Crippen molar-refractivity contribution in [1.82, 2.24) is 14.9 Å². The molecule has 9 nitrogen and oxygen atoms in total. The number of hydrogen-bond acceptors (Lipinski definition) is 6. The van der Waals surface area contributed by atoms with Gasteiger partial charge in [-0.15, -0.1) is 0 Å². The fourth-order valence-electron chi connectivity index (χ4n) is 2.58. The molecule has 10 heteroatoms. The summed E-state index contributed by atoms with van der Waals surface area (Å²) in [7, 11) is -0.925. The lowest BCUT2D eigenvalue weighted by molar-refractivity contribution is -0.120. The molecule has 0 radical (unpaired) electrons. The Morgan fingerprint density at radius 2 is 1.50 bits per heavy atom. The van der Waals surface area contributed by atoms with Gasteiger partial charge in [-0.1, -0.05) is 0 Å². The van der Waals surface area contributed by atoms with E-state index in [0.717, 1.165) is 4.31 Å². The number of amides is 3. The third kappa shape index (κ3) is 4.24. The number of benzene rings is 2. The van der Waals surface area contributed by atoms with Crippen LogP contribution in [0.25, 0.3) is 0 Å². The molecule has 0 unspecified atom stereocenters. The lowest BCUT2D eigenvalue weighted by Gasteiger charge is -2.19. The molecule has 0 bridgehead atoms. The average Bonchev–Trinajstić information content (AvgIpc) is 2.99. The Bertz CT molecular complexity index is 973. The maximum absolute atomic E-state index is 12.7. The molecule has 148 valence electrons. The number of hydrogen-bond donors (Lipinski definition) is 2. The zero-order chi connectivity index (χ0) is 20.3. The molecule has 1 heterocycles. The van der Waals surface area contributed by atoms with E-state index in [0.29, 0.717) is 17.2 Å². The van der Waals surface area contributed by atoms with Crippen LogP contribution in [0.3, 0.4) is 0 Å². The highest BCUT2D eigenvalue weighted by Crippen LogP contribution is 2.25. The molecule has 3 amide bonds. The second-order valence-electron chi connectivity index (χ2n) is 6.05. The molecule has 0 aliphatic carbocycles. The molecule has 1 fully saturated rings. The molecular formula is C18H19N3O6S. The normalized spacial score (nSPS) is 16.6. The van der Waals surface area contributed by atoms with Crippen LogP contribution in [0.5, 0.6) is 17.2 Å². The molecule has 1 aliphatic rings. The van der Waals surface area contributed by atoms with Gasteiger partial charge < -0.3 is 14.8 Å². The number of carbonyl (C=O) groups is 2. The van der Waals surface area contributed by atoms with Gasteiger partial charge in [0, 0.05) is 13.6 Å².